The fraction of sp³-hybridized carbons (Fsp3) is 0.533. The largest absolute Gasteiger partial charge is 0.352 e. The molecule has 1 aromatic heterocycles. The van der Waals surface area contributed by atoms with Crippen molar-refractivity contribution in [3.8, 4) is 0 Å². The van der Waals surface area contributed by atoms with E-state index in [0.717, 1.165) is 5.52 Å². The number of anilines is 1. The number of hydrogen-bond acceptors (Lipinski definition) is 3. The maximum absolute atomic E-state index is 13.2. The summed E-state index contributed by atoms with van der Waals surface area (Å²) in [5.74, 6) is 1.04. The summed E-state index contributed by atoms with van der Waals surface area (Å²) in [4.78, 5) is 7.57. The van der Waals surface area contributed by atoms with Gasteiger partial charge in [-0.25, -0.2) is 9.37 Å². The third-order valence-corrected chi connectivity index (χ3v) is 4.24. The van der Waals surface area contributed by atoms with Crippen molar-refractivity contribution in [2.75, 3.05) is 11.9 Å². The molecule has 1 atom stereocenters. The lowest BCUT2D eigenvalue weighted by Crippen LogP contribution is -2.37. The van der Waals surface area contributed by atoms with Gasteiger partial charge in [0.2, 0.25) is 5.95 Å². The number of aromatic nitrogens is 2. The van der Waals surface area contributed by atoms with E-state index in [-0.39, 0.29) is 11.9 Å². The van der Waals surface area contributed by atoms with Crippen molar-refractivity contribution in [1.82, 2.24) is 9.97 Å². The first-order valence-corrected chi connectivity index (χ1v) is 7.38. The van der Waals surface area contributed by atoms with Crippen molar-refractivity contribution >= 4 is 17.0 Å². The zero-order valence-electron chi connectivity index (χ0n) is 11.5. The van der Waals surface area contributed by atoms with Gasteiger partial charge in [-0.2, -0.15) is 0 Å². The average Bonchev–Trinajstić information content (AvgIpc) is 2.87. The Kier molecular flexibility index (Phi) is 3.87. The fourth-order valence-corrected chi connectivity index (χ4v) is 3.13. The number of benzene rings is 1. The van der Waals surface area contributed by atoms with Gasteiger partial charge in [0.1, 0.15) is 5.82 Å². The molecular weight excluding hydrogens is 255 g/mol. The van der Waals surface area contributed by atoms with E-state index < -0.39 is 0 Å². The first kappa shape index (κ1) is 13.4. The predicted molar refractivity (Wildman–Crippen MR) is 79.1 cm³/mol. The number of halogens is 1. The fourth-order valence-electron chi connectivity index (χ4n) is 3.13. The van der Waals surface area contributed by atoms with Gasteiger partial charge < -0.3 is 16.0 Å². The standard InChI is InChI=1S/C15H21FN4/c16-11-6-7-12-13(8-11)19-15(18-12)20-14(9-17)10-4-2-1-3-5-10/h6-8,10,14H,1-5,9,17H2,(H2,18,19,20). The van der Waals surface area contributed by atoms with Crippen LogP contribution < -0.4 is 11.1 Å². The summed E-state index contributed by atoms with van der Waals surface area (Å²) in [6.07, 6.45) is 6.35. The van der Waals surface area contributed by atoms with Crippen molar-refractivity contribution in [2.45, 2.75) is 38.1 Å². The molecule has 2 aromatic rings. The van der Waals surface area contributed by atoms with Crippen LogP contribution >= 0.6 is 0 Å². The number of hydrogen-bond donors (Lipinski definition) is 3. The van der Waals surface area contributed by atoms with E-state index in [1.54, 1.807) is 6.07 Å². The Morgan fingerprint density at radius 2 is 2.15 bits per heavy atom. The van der Waals surface area contributed by atoms with Crippen molar-refractivity contribution < 1.29 is 4.39 Å². The molecule has 0 spiro atoms. The van der Waals surface area contributed by atoms with Gasteiger partial charge >= 0.3 is 0 Å². The first-order valence-electron chi connectivity index (χ1n) is 7.38. The number of nitrogens with one attached hydrogen (secondary N) is 2. The van der Waals surface area contributed by atoms with Crippen LogP contribution in [0.2, 0.25) is 0 Å². The lowest BCUT2D eigenvalue weighted by molar-refractivity contribution is 0.320. The van der Waals surface area contributed by atoms with Crippen LogP contribution in [0.5, 0.6) is 0 Å². The highest BCUT2D eigenvalue weighted by Gasteiger charge is 2.23. The molecule has 1 aliphatic carbocycles. The Labute approximate surface area is 118 Å². The minimum Gasteiger partial charge on any atom is -0.352 e. The zero-order valence-corrected chi connectivity index (χ0v) is 11.5. The highest BCUT2D eigenvalue weighted by Crippen LogP contribution is 2.28. The molecule has 0 amide bonds. The van der Waals surface area contributed by atoms with Crippen molar-refractivity contribution in [1.29, 1.82) is 0 Å². The van der Waals surface area contributed by atoms with E-state index in [1.807, 2.05) is 0 Å². The lowest BCUT2D eigenvalue weighted by Gasteiger charge is -2.29. The maximum atomic E-state index is 13.2. The Hall–Kier alpha value is -1.62. The van der Waals surface area contributed by atoms with Gasteiger partial charge in [-0.15, -0.1) is 0 Å². The van der Waals surface area contributed by atoms with Crippen molar-refractivity contribution in [3.63, 3.8) is 0 Å². The number of nitrogens with two attached hydrogens (primary N) is 1. The number of nitrogens with zero attached hydrogens (tertiary/aromatic N) is 1. The molecule has 0 bridgehead atoms. The number of fused-ring (bicyclic) bond motifs is 1. The highest BCUT2D eigenvalue weighted by molar-refractivity contribution is 5.77. The van der Waals surface area contributed by atoms with Crippen LogP contribution in [0, 0.1) is 11.7 Å². The molecule has 1 fully saturated rings. The smallest absolute Gasteiger partial charge is 0.201 e. The third kappa shape index (κ3) is 2.77. The van der Waals surface area contributed by atoms with E-state index in [2.05, 4.69) is 15.3 Å². The molecular formula is C15H21FN4. The van der Waals surface area contributed by atoms with Crippen LogP contribution in [0.4, 0.5) is 10.3 Å². The number of aromatic amines is 1. The molecule has 0 saturated heterocycles. The Bertz CT molecular complexity index is 574. The van der Waals surface area contributed by atoms with Gasteiger partial charge in [-0.3, -0.25) is 0 Å². The molecule has 1 heterocycles. The van der Waals surface area contributed by atoms with Crippen LogP contribution in [0.1, 0.15) is 32.1 Å². The van der Waals surface area contributed by atoms with Gasteiger partial charge in [-0.05, 0) is 37.0 Å². The molecule has 4 nitrogen and oxygen atoms in total. The molecule has 4 N–H and O–H groups in total. The second-order valence-electron chi connectivity index (χ2n) is 5.63. The summed E-state index contributed by atoms with van der Waals surface area (Å²) in [5.41, 5.74) is 7.39. The summed E-state index contributed by atoms with van der Waals surface area (Å²) in [6.45, 7) is 0.593. The Morgan fingerprint density at radius 3 is 2.90 bits per heavy atom. The zero-order chi connectivity index (χ0) is 13.9. The van der Waals surface area contributed by atoms with Crippen molar-refractivity contribution in [3.05, 3.63) is 24.0 Å². The van der Waals surface area contributed by atoms with Crippen molar-refractivity contribution in [2.24, 2.45) is 11.7 Å². The van der Waals surface area contributed by atoms with Gasteiger partial charge in [-0.1, -0.05) is 19.3 Å². The SMILES string of the molecule is NCC(Nc1nc2ccc(F)cc2[nH]1)C1CCCCC1. The minimum atomic E-state index is -0.254. The molecule has 1 unspecified atom stereocenters. The summed E-state index contributed by atoms with van der Waals surface area (Å²) in [7, 11) is 0. The van der Waals surface area contributed by atoms with Crippen LogP contribution in [0.3, 0.4) is 0 Å². The number of H-pyrrole nitrogens is 1. The molecule has 0 aliphatic heterocycles. The molecule has 1 aromatic carbocycles. The van der Waals surface area contributed by atoms with Gasteiger partial charge in [0.05, 0.1) is 11.0 Å². The average molecular weight is 276 g/mol. The summed E-state index contributed by atoms with van der Waals surface area (Å²) in [5, 5.41) is 3.39. The van der Waals surface area contributed by atoms with Crippen LogP contribution in [-0.4, -0.2) is 22.6 Å². The highest BCUT2D eigenvalue weighted by atomic mass is 19.1. The number of imidazole rings is 1. The monoisotopic (exact) mass is 276 g/mol. The maximum Gasteiger partial charge on any atom is 0.201 e. The quantitative estimate of drug-likeness (QED) is 0.804. The van der Waals surface area contributed by atoms with Crippen LogP contribution in [0.15, 0.2) is 18.2 Å². The second-order valence-corrected chi connectivity index (χ2v) is 5.63. The van der Waals surface area contributed by atoms with E-state index >= 15 is 0 Å². The van der Waals surface area contributed by atoms with Gasteiger partial charge in [0.15, 0.2) is 0 Å². The predicted octanol–water partition coefficient (Wildman–Crippen LogP) is 3.02. The van der Waals surface area contributed by atoms with Crippen LogP contribution in [0.25, 0.3) is 11.0 Å². The molecule has 108 valence electrons. The van der Waals surface area contributed by atoms with E-state index in [4.69, 9.17) is 5.73 Å². The van der Waals surface area contributed by atoms with E-state index in [0.29, 0.717) is 23.9 Å². The van der Waals surface area contributed by atoms with Crippen LogP contribution in [-0.2, 0) is 0 Å². The summed E-state index contributed by atoms with van der Waals surface area (Å²) < 4.78 is 13.2. The second kappa shape index (κ2) is 5.79. The molecule has 5 heteroatoms. The summed E-state index contributed by atoms with van der Waals surface area (Å²) in [6, 6.07) is 4.81. The molecule has 1 aliphatic rings. The first-order chi connectivity index (χ1) is 9.76. The van der Waals surface area contributed by atoms with E-state index in [1.165, 1.54) is 44.2 Å². The topological polar surface area (TPSA) is 66.7 Å². The molecule has 20 heavy (non-hydrogen) atoms. The lowest BCUT2D eigenvalue weighted by atomic mass is 9.84. The summed E-state index contributed by atoms with van der Waals surface area (Å²) >= 11 is 0. The van der Waals surface area contributed by atoms with Gasteiger partial charge in [0.25, 0.3) is 0 Å². The Morgan fingerprint density at radius 1 is 1.35 bits per heavy atom. The molecule has 3 rings (SSSR count). The molecule has 0 radical (unpaired) electrons. The molecule has 1 saturated carbocycles. The minimum absolute atomic E-state index is 0.237. The Balaban J connectivity index is 1.76. The van der Waals surface area contributed by atoms with E-state index in [9.17, 15) is 4.39 Å². The number of rotatable bonds is 4. The normalized spacial score (nSPS) is 18.3. The third-order valence-electron chi connectivity index (χ3n) is 4.24. The van der Waals surface area contributed by atoms with Gasteiger partial charge in [0, 0.05) is 12.6 Å².